The van der Waals surface area contributed by atoms with Crippen molar-refractivity contribution in [1.82, 2.24) is 5.32 Å². The highest BCUT2D eigenvalue weighted by atomic mass is 79.9. The molecule has 8 heteroatoms. The number of carbonyl (C=O) groups is 4. The summed E-state index contributed by atoms with van der Waals surface area (Å²) in [5.74, 6) is -0.589. The van der Waals surface area contributed by atoms with Crippen molar-refractivity contribution in [2.45, 2.75) is 6.54 Å². The molecule has 7 nitrogen and oxygen atoms in total. The number of rotatable bonds is 6. The van der Waals surface area contributed by atoms with E-state index in [9.17, 15) is 9.59 Å². The van der Waals surface area contributed by atoms with Gasteiger partial charge in [0.2, 0.25) is 5.91 Å². The second-order valence-electron chi connectivity index (χ2n) is 6.18. The second-order valence-corrected chi connectivity index (χ2v) is 7.09. The molecule has 166 valence electrons. The fraction of sp³-hybridized carbons (Fsp3) is 0.0833. The Morgan fingerprint density at radius 1 is 0.844 bits per heavy atom. The smallest absolute Gasteiger partial charge is 0.251 e. The molecule has 0 aromatic heterocycles. The Kier molecular flexibility index (Phi) is 11.9. The summed E-state index contributed by atoms with van der Waals surface area (Å²) in [5.41, 5.74) is 10.0. The number of nitrogens with two attached hydrogens (primary N) is 1. The predicted octanol–water partition coefficient (Wildman–Crippen LogP) is 3.57. The third-order valence-corrected chi connectivity index (χ3v) is 4.76. The van der Waals surface area contributed by atoms with Crippen LogP contribution in [0.15, 0.2) is 77.3 Å². The summed E-state index contributed by atoms with van der Waals surface area (Å²) in [4.78, 5) is 40.3. The molecule has 3 rings (SSSR count). The van der Waals surface area contributed by atoms with Crippen LogP contribution < -0.4 is 16.4 Å². The molecular formula is C24H24BrN3O4. The minimum atomic E-state index is -0.301. The van der Waals surface area contributed by atoms with Crippen molar-refractivity contribution >= 4 is 47.0 Å². The van der Waals surface area contributed by atoms with Crippen molar-refractivity contribution in [2.75, 3.05) is 11.9 Å². The molecule has 0 spiro atoms. The van der Waals surface area contributed by atoms with Crippen molar-refractivity contribution in [3.05, 3.63) is 88.4 Å². The van der Waals surface area contributed by atoms with Gasteiger partial charge in [0.15, 0.2) is 0 Å². The molecule has 2 amide bonds. The summed E-state index contributed by atoms with van der Waals surface area (Å²) >= 11 is 3.34. The fourth-order valence-electron chi connectivity index (χ4n) is 2.78. The van der Waals surface area contributed by atoms with Crippen LogP contribution in [-0.4, -0.2) is 31.9 Å². The van der Waals surface area contributed by atoms with E-state index in [-0.39, 0.29) is 18.4 Å². The van der Waals surface area contributed by atoms with Gasteiger partial charge >= 0.3 is 0 Å². The highest BCUT2D eigenvalue weighted by Gasteiger charge is 2.10. The first-order valence-electron chi connectivity index (χ1n) is 9.36. The lowest BCUT2D eigenvalue weighted by molar-refractivity contribution is -0.115. The summed E-state index contributed by atoms with van der Waals surface area (Å²) in [6.45, 7) is 4.35. The van der Waals surface area contributed by atoms with E-state index in [1.807, 2.05) is 62.1 Å². The van der Waals surface area contributed by atoms with Crippen molar-refractivity contribution in [3.63, 3.8) is 0 Å². The number of halogens is 1. The van der Waals surface area contributed by atoms with E-state index in [4.69, 9.17) is 15.3 Å². The minimum Gasteiger partial charge on any atom is -0.343 e. The zero-order valence-corrected chi connectivity index (χ0v) is 18.9. The van der Waals surface area contributed by atoms with Gasteiger partial charge in [-0.1, -0.05) is 52.3 Å². The van der Waals surface area contributed by atoms with Gasteiger partial charge in [-0.3, -0.25) is 9.59 Å². The van der Waals surface area contributed by atoms with Crippen LogP contribution in [0.2, 0.25) is 0 Å². The first kappa shape index (κ1) is 26.4. The number of hydrogen-bond acceptors (Lipinski definition) is 5. The van der Waals surface area contributed by atoms with Crippen LogP contribution in [0.25, 0.3) is 11.1 Å². The number of anilines is 1. The van der Waals surface area contributed by atoms with E-state index >= 15 is 0 Å². The van der Waals surface area contributed by atoms with Gasteiger partial charge in [-0.25, -0.2) is 0 Å². The zero-order valence-electron chi connectivity index (χ0n) is 17.3. The number of nitrogens with one attached hydrogen (secondary N) is 2. The molecule has 0 aliphatic heterocycles. The Morgan fingerprint density at radius 2 is 1.44 bits per heavy atom. The molecule has 0 saturated carbocycles. The molecule has 0 unspecified atom stereocenters. The third kappa shape index (κ3) is 7.90. The molecule has 32 heavy (non-hydrogen) atoms. The molecule has 0 aliphatic carbocycles. The van der Waals surface area contributed by atoms with Crippen LogP contribution in [0, 0.1) is 0 Å². The van der Waals surface area contributed by atoms with E-state index < -0.39 is 0 Å². The van der Waals surface area contributed by atoms with Crippen molar-refractivity contribution < 1.29 is 19.2 Å². The summed E-state index contributed by atoms with van der Waals surface area (Å²) < 4.78 is 0.927. The van der Waals surface area contributed by atoms with Gasteiger partial charge in [0.05, 0.1) is 6.54 Å². The monoisotopic (exact) mass is 497 g/mol. The maximum atomic E-state index is 12.3. The number of amides is 2. The van der Waals surface area contributed by atoms with Crippen LogP contribution in [0.5, 0.6) is 0 Å². The Labute approximate surface area is 195 Å². The van der Waals surface area contributed by atoms with Crippen LogP contribution >= 0.6 is 15.9 Å². The van der Waals surface area contributed by atoms with E-state index in [1.165, 1.54) is 0 Å². The number of hydrogen-bond donors (Lipinski definition) is 3. The second kappa shape index (κ2) is 14.4. The zero-order chi connectivity index (χ0) is 23.9. The quantitative estimate of drug-likeness (QED) is 0.480. The average Bonchev–Trinajstić information content (AvgIpc) is 2.86. The molecule has 4 N–H and O–H groups in total. The Balaban J connectivity index is 0.00000121. The molecule has 0 radical (unpaired) electrons. The minimum absolute atomic E-state index is 0.105. The van der Waals surface area contributed by atoms with Gasteiger partial charge in [0.25, 0.3) is 5.91 Å². The SMILES string of the molecule is C=O.C=O.NCc1ccccc1-c1ccc(C(=O)NCC(=O)Nc2ccc(Br)cc2)cc1. The summed E-state index contributed by atoms with van der Waals surface area (Å²) in [7, 11) is 0. The number of benzene rings is 3. The molecule has 0 fully saturated rings. The number of carbonyl (C=O) groups excluding carboxylic acids is 4. The normalized spacial score (nSPS) is 9.31. The first-order chi connectivity index (χ1) is 15.6. The van der Waals surface area contributed by atoms with Gasteiger partial charge in [-0.15, -0.1) is 0 Å². The molecule has 0 aliphatic rings. The maximum absolute atomic E-state index is 12.3. The molecule has 0 bridgehead atoms. The molecule has 3 aromatic rings. The van der Waals surface area contributed by atoms with E-state index in [0.29, 0.717) is 17.8 Å². The highest BCUT2D eigenvalue weighted by Crippen LogP contribution is 2.23. The average molecular weight is 498 g/mol. The van der Waals surface area contributed by atoms with Crippen molar-refractivity contribution in [2.24, 2.45) is 5.73 Å². The summed E-state index contributed by atoms with van der Waals surface area (Å²) in [6, 6.07) is 22.4. The van der Waals surface area contributed by atoms with Gasteiger partial charge in [-0.2, -0.15) is 0 Å². The highest BCUT2D eigenvalue weighted by molar-refractivity contribution is 9.10. The molecular weight excluding hydrogens is 474 g/mol. The van der Waals surface area contributed by atoms with E-state index in [0.717, 1.165) is 21.2 Å². The first-order valence-corrected chi connectivity index (χ1v) is 10.2. The van der Waals surface area contributed by atoms with E-state index in [1.54, 1.807) is 24.3 Å². The maximum Gasteiger partial charge on any atom is 0.251 e. The molecule has 0 saturated heterocycles. The van der Waals surface area contributed by atoms with Gasteiger partial charge in [0.1, 0.15) is 13.6 Å². The van der Waals surface area contributed by atoms with Crippen LogP contribution in [-0.2, 0) is 20.9 Å². The Morgan fingerprint density at radius 3 is 2.03 bits per heavy atom. The lowest BCUT2D eigenvalue weighted by Crippen LogP contribution is -2.32. The third-order valence-electron chi connectivity index (χ3n) is 4.23. The lowest BCUT2D eigenvalue weighted by Gasteiger charge is -2.10. The van der Waals surface area contributed by atoms with Gasteiger partial charge < -0.3 is 26.0 Å². The van der Waals surface area contributed by atoms with Crippen molar-refractivity contribution in [1.29, 1.82) is 0 Å². The topological polar surface area (TPSA) is 118 Å². The summed E-state index contributed by atoms with van der Waals surface area (Å²) in [6.07, 6.45) is 0. The molecule has 0 atom stereocenters. The van der Waals surface area contributed by atoms with Crippen LogP contribution in [0.1, 0.15) is 15.9 Å². The van der Waals surface area contributed by atoms with Crippen LogP contribution in [0.4, 0.5) is 5.69 Å². The standard InChI is InChI=1S/C22H20BrN3O2.2CH2O/c23-18-9-11-19(12-10-18)26-21(27)14-25-22(28)16-7-5-15(6-8-16)20-4-2-1-3-17(20)13-24;2*1-2/h1-12H,13-14,24H2,(H,25,28)(H,26,27);2*1H2. The fourth-order valence-corrected chi connectivity index (χ4v) is 3.05. The van der Waals surface area contributed by atoms with Gasteiger partial charge in [0, 0.05) is 22.3 Å². The summed E-state index contributed by atoms with van der Waals surface area (Å²) in [5, 5.41) is 5.36. The Bertz CT molecular complexity index is 1010. The van der Waals surface area contributed by atoms with Crippen molar-refractivity contribution in [3.8, 4) is 11.1 Å². The predicted molar refractivity (Wildman–Crippen MR) is 129 cm³/mol. The lowest BCUT2D eigenvalue weighted by atomic mass is 9.98. The van der Waals surface area contributed by atoms with Gasteiger partial charge in [-0.05, 0) is 53.1 Å². The molecule has 3 aromatic carbocycles. The van der Waals surface area contributed by atoms with Crippen LogP contribution in [0.3, 0.4) is 0 Å². The largest absolute Gasteiger partial charge is 0.343 e. The van der Waals surface area contributed by atoms with E-state index in [2.05, 4.69) is 26.6 Å². The Hall–Kier alpha value is -3.62. The molecule has 0 heterocycles.